The topological polar surface area (TPSA) is 60.7 Å². The third kappa shape index (κ3) is 5.57. The summed E-state index contributed by atoms with van der Waals surface area (Å²) in [6, 6.07) is 22.9. The average molecular weight is 629 g/mol. The molecule has 5 rings (SSSR count). The first-order valence-corrected chi connectivity index (χ1v) is 19.4. The van der Waals surface area contributed by atoms with E-state index in [0.29, 0.717) is 12.8 Å². The molecule has 244 valence electrons. The fourth-order valence-electron chi connectivity index (χ4n) is 7.61. The summed E-state index contributed by atoms with van der Waals surface area (Å²) in [4.78, 5) is 38.3. The first-order valence-electron chi connectivity index (χ1n) is 17.3. The third-order valence-electron chi connectivity index (χ3n) is 12.2. The van der Waals surface area contributed by atoms with Crippen LogP contribution in [-0.4, -0.2) is 14.7 Å². The predicted molar refractivity (Wildman–Crippen MR) is 196 cm³/mol. The zero-order chi connectivity index (χ0) is 33.1. The van der Waals surface area contributed by atoms with E-state index in [4.69, 9.17) is 0 Å². The Morgan fingerprint density at radius 3 is 1.78 bits per heavy atom. The number of hydrogen-bond donors (Lipinski definition) is 3. The first-order chi connectivity index (χ1) is 20.9. The summed E-state index contributed by atoms with van der Waals surface area (Å²) in [5.74, 6) is 0. The molecule has 1 aliphatic rings. The van der Waals surface area contributed by atoms with E-state index in [2.05, 4.69) is 86.6 Å². The minimum atomic E-state index is -5.53. The molecule has 0 saturated heterocycles. The van der Waals surface area contributed by atoms with Crippen LogP contribution in [0.3, 0.4) is 0 Å². The molecule has 0 atom stereocenters. The number of rotatable bonds is 9. The normalized spacial score (nSPS) is 17.4. The monoisotopic (exact) mass is 628 g/mol. The Labute approximate surface area is 272 Å². The van der Waals surface area contributed by atoms with Crippen LogP contribution in [0.2, 0.25) is 0 Å². The predicted octanol–water partition coefficient (Wildman–Crippen LogP) is 10.8. The van der Waals surface area contributed by atoms with Gasteiger partial charge in [-0.05, 0) is 0 Å². The van der Waals surface area contributed by atoms with Gasteiger partial charge in [-0.2, -0.15) is 0 Å². The van der Waals surface area contributed by atoms with E-state index >= 15 is 0 Å². The van der Waals surface area contributed by atoms with Gasteiger partial charge >= 0.3 is 273 Å². The van der Waals surface area contributed by atoms with E-state index in [9.17, 15) is 14.7 Å². The van der Waals surface area contributed by atoms with Crippen molar-refractivity contribution in [3.8, 4) is 0 Å². The van der Waals surface area contributed by atoms with Crippen LogP contribution in [-0.2, 0) is 21.4 Å². The van der Waals surface area contributed by atoms with Crippen molar-refractivity contribution in [3.05, 3.63) is 89.0 Å². The molecule has 3 N–H and O–H groups in total. The van der Waals surface area contributed by atoms with Crippen LogP contribution in [0.5, 0.6) is 0 Å². The number of benzene rings is 4. The van der Waals surface area contributed by atoms with Gasteiger partial charge in [-0.3, -0.25) is 0 Å². The maximum absolute atomic E-state index is 12.8. The molecule has 0 bridgehead atoms. The van der Waals surface area contributed by atoms with Crippen molar-refractivity contribution in [2.75, 3.05) is 0 Å². The molecule has 4 heteroatoms. The number of fused-ring (bicyclic) bond motifs is 2. The maximum atomic E-state index is 12.8. The summed E-state index contributed by atoms with van der Waals surface area (Å²) in [7, 11) is -5.53. The molecule has 0 aliphatic heterocycles. The summed E-state index contributed by atoms with van der Waals surface area (Å²) in [5.41, 5.74) is 4.39. The van der Waals surface area contributed by atoms with Crippen LogP contribution in [0.25, 0.3) is 21.5 Å². The van der Waals surface area contributed by atoms with Crippen molar-refractivity contribution in [1.82, 2.24) is 0 Å². The van der Waals surface area contributed by atoms with Crippen LogP contribution in [0.1, 0.15) is 136 Å². The van der Waals surface area contributed by atoms with Crippen molar-refractivity contribution in [1.29, 1.82) is 0 Å². The van der Waals surface area contributed by atoms with Crippen molar-refractivity contribution < 1.29 is 14.7 Å². The van der Waals surface area contributed by atoms with Gasteiger partial charge in [0.05, 0.1) is 0 Å². The van der Waals surface area contributed by atoms with Crippen molar-refractivity contribution in [2.45, 2.75) is 135 Å². The van der Waals surface area contributed by atoms with Gasteiger partial charge in [0, 0.05) is 0 Å². The van der Waals surface area contributed by atoms with E-state index in [0.717, 1.165) is 60.4 Å². The van der Waals surface area contributed by atoms with Gasteiger partial charge in [0.25, 0.3) is 0 Å². The molecule has 4 aromatic rings. The Balaban J connectivity index is 1.92. The second-order valence-electron chi connectivity index (χ2n) is 16.0. The fraction of sp³-hybridized carbons (Fsp3) is 0.512. The summed E-state index contributed by atoms with van der Waals surface area (Å²) >= 11 is 0. The molecule has 1 fully saturated rings. The fourth-order valence-corrected chi connectivity index (χ4v) is 10.6. The van der Waals surface area contributed by atoms with E-state index in [1.54, 1.807) is 6.07 Å². The third-order valence-corrected chi connectivity index (χ3v) is 15.7. The zero-order valence-electron chi connectivity index (χ0n) is 29.3. The molecule has 0 aromatic heterocycles. The molecule has 0 radical (unpaired) electrons. The van der Waals surface area contributed by atoms with Gasteiger partial charge in [-0.15, -0.1) is 0 Å². The molecule has 0 unspecified atom stereocenters. The second-order valence-corrected chi connectivity index (χ2v) is 19.3. The van der Waals surface area contributed by atoms with E-state index < -0.39 is 12.4 Å². The Bertz CT molecular complexity index is 1710. The van der Waals surface area contributed by atoms with Crippen LogP contribution in [0.15, 0.2) is 66.7 Å². The van der Waals surface area contributed by atoms with Crippen LogP contribution in [0.4, 0.5) is 0 Å². The van der Waals surface area contributed by atoms with Gasteiger partial charge in [-0.25, -0.2) is 0 Å². The van der Waals surface area contributed by atoms with E-state index in [1.807, 2.05) is 36.4 Å². The molecule has 45 heavy (non-hydrogen) atoms. The quantitative estimate of drug-likeness (QED) is 0.162. The summed E-state index contributed by atoms with van der Waals surface area (Å²) in [6.45, 7) is 20.6. The van der Waals surface area contributed by atoms with E-state index in [-0.39, 0.29) is 21.5 Å². The van der Waals surface area contributed by atoms with Gasteiger partial charge in [0.1, 0.15) is 0 Å². The molecule has 0 heterocycles. The second kappa shape index (κ2) is 11.4. The van der Waals surface area contributed by atoms with E-state index in [1.165, 1.54) is 21.9 Å². The Morgan fingerprint density at radius 1 is 0.600 bits per heavy atom. The molecular formula is C41H57O3P. The molecule has 1 aliphatic carbocycles. The van der Waals surface area contributed by atoms with Gasteiger partial charge in [0.2, 0.25) is 0 Å². The Kier molecular flexibility index (Phi) is 8.66. The van der Waals surface area contributed by atoms with Crippen molar-refractivity contribution in [3.63, 3.8) is 0 Å². The standard InChI is InChI=1S/C41H57O3P/c1-10-38(4,5)32-24-31-26-36(40(8,9)12-3)37(28-34(31)35(27-32)39(6,7)11-2)41(22-16-13-17-23-41)45(42,43,44)33-21-20-29-18-14-15-19-30(29)25-33/h14-15,18-21,24-28,42-44H,10-13,16-17,22-23H2,1-9H3. The SMILES string of the molecule is CCC(C)(C)c1cc(C(C)(C)CC)c2cc(C3(P(O)(O)(O)c4ccc5ccccc5c4)CCCCC3)c(C(C)(C)CC)cc2c1. The molecule has 1 saturated carbocycles. The van der Waals surface area contributed by atoms with Crippen molar-refractivity contribution in [2.24, 2.45) is 0 Å². The molecule has 4 aromatic carbocycles. The number of hydrogen-bond acceptors (Lipinski definition) is 3. The first kappa shape index (κ1) is 34.1. The van der Waals surface area contributed by atoms with Gasteiger partial charge < -0.3 is 0 Å². The summed E-state index contributed by atoms with van der Waals surface area (Å²) in [5, 5.41) is 3.35. The van der Waals surface area contributed by atoms with Gasteiger partial charge in [0.15, 0.2) is 0 Å². The molecule has 0 amide bonds. The zero-order valence-corrected chi connectivity index (χ0v) is 30.2. The van der Waals surface area contributed by atoms with Crippen LogP contribution in [0, 0.1) is 0 Å². The molecular weight excluding hydrogens is 571 g/mol. The van der Waals surface area contributed by atoms with Crippen LogP contribution >= 0.6 is 7.28 Å². The summed E-state index contributed by atoms with van der Waals surface area (Å²) < 4.78 is 0. The molecule has 0 spiro atoms. The minimum absolute atomic E-state index is 0.0273. The Morgan fingerprint density at radius 2 is 1.18 bits per heavy atom. The summed E-state index contributed by atoms with van der Waals surface area (Å²) in [6.07, 6.45) is 6.69. The average Bonchev–Trinajstić information content (AvgIpc) is 3.03. The molecule has 3 nitrogen and oxygen atoms in total. The van der Waals surface area contributed by atoms with Crippen molar-refractivity contribution >= 4 is 34.1 Å². The van der Waals surface area contributed by atoms with Gasteiger partial charge in [-0.1, -0.05) is 0 Å². The Hall–Kier alpha value is -2.29. The van der Waals surface area contributed by atoms with Crippen LogP contribution < -0.4 is 5.30 Å².